The van der Waals surface area contributed by atoms with E-state index in [9.17, 15) is 4.79 Å². The number of rotatable bonds is 7. The Labute approximate surface area is 102 Å². The predicted octanol–water partition coefficient (Wildman–Crippen LogP) is 1.53. The second-order valence-corrected chi connectivity index (χ2v) is 3.82. The molecule has 0 aromatic carbocycles. The zero-order valence-corrected chi connectivity index (χ0v) is 10.5. The molecule has 5 heteroatoms. The van der Waals surface area contributed by atoms with Crippen LogP contribution in [-0.4, -0.2) is 24.4 Å². The van der Waals surface area contributed by atoms with Crippen LogP contribution in [0.3, 0.4) is 0 Å². The summed E-state index contributed by atoms with van der Waals surface area (Å²) in [4.78, 5) is 11.5. The number of nitrogens with zero attached hydrogens (tertiary/aromatic N) is 1. The highest BCUT2D eigenvalue weighted by Gasteiger charge is 2.07. The van der Waals surface area contributed by atoms with Crippen LogP contribution in [0.5, 0.6) is 0 Å². The summed E-state index contributed by atoms with van der Waals surface area (Å²) in [7, 11) is 0. The number of alkyl halides is 1. The van der Waals surface area contributed by atoms with Crippen LogP contribution in [0.2, 0.25) is 0 Å². The van der Waals surface area contributed by atoms with Gasteiger partial charge in [-0.2, -0.15) is 5.26 Å². The monoisotopic (exact) mass is 243 g/mol. The van der Waals surface area contributed by atoms with Crippen molar-refractivity contribution in [2.24, 2.45) is 0 Å². The zero-order valence-electron chi connectivity index (χ0n) is 9.72. The van der Waals surface area contributed by atoms with Crippen molar-refractivity contribution < 1.29 is 4.79 Å². The molecule has 1 amide bonds. The molecule has 0 aliphatic heterocycles. The molecule has 0 fully saturated rings. The Morgan fingerprint density at radius 3 is 2.81 bits per heavy atom. The molecule has 1 unspecified atom stereocenters. The lowest BCUT2D eigenvalue weighted by Gasteiger charge is -2.08. The van der Waals surface area contributed by atoms with Crippen molar-refractivity contribution in [3.05, 3.63) is 11.8 Å². The normalized spacial score (nSPS) is 12.8. The topological polar surface area (TPSA) is 64.9 Å². The van der Waals surface area contributed by atoms with Gasteiger partial charge in [-0.25, -0.2) is 0 Å². The predicted molar refractivity (Wildman–Crippen MR) is 64.9 cm³/mol. The second-order valence-electron chi connectivity index (χ2n) is 3.44. The molecule has 1 atom stereocenters. The van der Waals surface area contributed by atoms with Crippen molar-refractivity contribution in [3.63, 3.8) is 0 Å². The maximum absolute atomic E-state index is 11.5. The molecule has 4 nitrogen and oxygen atoms in total. The number of hydrogen-bond donors (Lipinski definition) is 2. The summed E-state index contributed by atoms with van der Waals surface area (Å²) in [6.45, 7) is 4.50. The van der Waals surface area contributed by atoms with Crippen LogP contribution in [0.25, 0.3) is 0 Å². The molecule has 0 radical (unpaired) electrons. The first-order valence-electron chi connectivity index (χ1n) is 5.36. The van der Waals surface area contributed by atoms with Gasteiger partial charge in [0.2, 0.25) is 0 Å². The minimum atomic E-state index is -0.358. The molecule has 2 N–H and O–H groups in total. The van der Waals surface area contributed by atoms with E-state index in [0.29, 0.717) is 18.8 Å². The third-order valence-electron chi connectivity index (χ3n) is 2.09. The van der Waals surface area contributed by atoms with E-state index in [1.807, 2.05) is 19.9 Å². The smallest absolute Gasteiger partial charge is 0.263 e. The molecule has 0 rings (SSSR count). The molecule has 0 heterocycles. The highest BCUT2D eigenvalue weighted by Crippen LogP contribution is 1.94. The maximum Gasteiger partial charge on any atom is 0.263 e. The fourth-order valence-corrected chi connectivity index (χ4v) is 0.990. The van der Waals surface area contributed by atoms with Gasteiger partial charge >= 0.3 is 0 Å². The number of nitriles is 1. The van der Waals surface area contributed by atoms with Gasteiger partial charge in [-0.3, -0.25) is 4.79 Å². The summed E-state index contributed by atoms with van der Waals surface area (Å²) in [5.74, 6) is 0.139. The van der Waals surface area contributed by atoms with Crippen LogP contribution in [0.4, 0.5) is 0 Å². The maximum atomic E-state index is 11.5. The lowest BCUT2D eigenvalue weighted by molar-refractivity contribution is -0.117. The van der Waals surface area contributed by atoms with E-state index in [1.165, 1.54) is 6.20 Å². The van der Waals surface area contributed by atoms with E-state index in [1.54, 1.807) is 0 Å². The molecule has 90 valence electrons. The molecule has 16 heavy (non-hydrogen) atoms. The standard InChI is InChI=1S/C11H18ClN3O/c1-3-9(2)15-8-10(7-13)11(16)14-6-4-5-12/h8-9,15H,3-6H2,1-2H3,(H,14,16)/b10-8-. The van der Waals surface area contributed by atoms with Crippen molar-refractivity contribution in [3.8, 4) is 6.07 Å². The van der Waals surface area contributed by atoms with Crippen molar-refractivity contribution in [1.82, 2.24) is 10.6 Å². The van der Waals surface area contributed by atoms with Crippen molar-refractivity contribution in [1.29, 1.82) is 5.26 Å². The van der Waals surface area contributed by atoms with Gasteiger partial charge in [0, 0.05) is 24.7 Å². The highest BCUT2D eigenvalue weighted by molar-refractivity contribution is 6.17. The lowest BCUT2D eigenvalue weighted by atomic mass is 10.2. The molecule has 0 aromatic rings. The van der Waals surface area contributed by atoms with Gasteiger partial charge in [0.05, 0.1) is 0 Å². The van der Waals surface area contributed by atoms with Crippen molar-refractivity contribution in [2.45, 2.75) is 32.7 Å². The van der Waals surface area contributed by atoms with E-state index in [2.05, 4.69) is 10.6 Å². The van der Waals surface area contributed by atoms with E-state index in [4.69, 9.17) is 16.9 Å². The summed E-state index contributed by atoms with van der Waals surface area (Å²) in [5, 5.41) is 14.4. The Bertz CT molecular complexity index is 283. The minimum absolute atomic E-state index is 0.0925. The van der Waals surface area contributed by atoms with Gasteiger partial charge < -0.3 is 10.6 Å². The third kappa shape index (κ3) is 6.31. The number of carbonyl (C=O) groups is 1. The van der Waals surface area contributed by atoms with E-state index >= 15 is 0 Å². The number of amides is 1. The Morgan fingerprint density at radius 2 is 2.31 bits per heavy atom. The summed E-state index contributed by atoms with van der Waals surface area (Å²) in [6, 6.07) is 2.11. The Balaban J connectivity index is 4.16. The molecule has 0 spiro atoms. The zero-order chi connectivity index (χ0) is 12.4. The Morgan fingerprint density at radius 1 is 1.62 bits per heavy atom. The van der Waals surface area contributed by atoms with Crippen LogP contribution in [0.15, 0.2) is 11.8 Å². The molecule has 0 aromatic heterocycles. The van der Waals surface area contributed by atoms with Gasteiger partial charge in [-0.1, -0.05) is 6.92 Å². The summed E-state index contributed by atoms with van der Waals surface area (Å²) in [5.41, 5.74) is 0.0925. The first-order chi connectivity index (χ1) is 7.65. The molecule has 0 saturated heterocycles. The number of nitrogens with one attached hydrogen (secondary N) is 2. The largest absolute Gasteiger partial charge is 0.387 e. The van der Waals surface area contributed by atoms with Crippen LogP contribution in [0, 0.1) is 11.3 Å². The Kier molecular flexibility index (Phi) is 8.36. The van der Waals surface area contributed by atoms with Gasteiger partial charge in [0.15, 0.2) is 0 Å². The number of carbonyl (C=O) groups excluding carboxylic acids is 1. The van der Waals surface area contributed by atoms with E-state index in [-0.39, 0.29) is 17.5 Å². The van der Waals surface area contributed by atoms with Gasteiger partial charge in [0.25, 0.3) is 5.91 Å². The van der Waals surface area contributed by atoms with Gasteiger partial charge in [-0.05, 0) is 19.8 Å². The van der Waals surface area contributed by atoms with Crippen LogP contribution >= 0.6 is 11.6 Å². The van der Waals surface area contributed by atoms with E-state index < -0.39 is 0 Å². The second kappa shape index (κ2) is 9.05. The number of halogens is 1. The SMILES string of the molecule is CCC(C)N/C=C(/C#N)C(=O)NCCCCl. The van der Waals surface area contributed by atoms with Crippen molar-refractivity contribution >= 4 is 17.5 Å². The summed E-state index contributed by atoms with van der Waals surface area (Å²) < 4.78 is 0. The van der Waals surface area contributed by atoms with Crippen LogP contribution in [0.1, 0.15) is 26.7 Å². The molecule has 0 saturated carbocycles. The average molecular weight is 244 g/mol. The van der Waals surface area contributed by atoms with Gasteiger partial charge in [0.1, 0.15) is 11.6 Å². The molecule has 0 bridgehead atoms. The van der Waals surface area contributed by atoms with Crippen LogP contribution in [-0.2, 0) is 4.79 Å². The quantitative estimate of drug-likeness (QED) is 0.308. The van der Waals surface area contributed by atoms with Gasteiger partial charge in [-0.15, -0.1) is 11.6 Å². The first kappa shape index (κ1) is 14.8. The number of hydrogen-bond acceptors (Lipinski definition) is 3. The highest BCUT2D eigenvalue weighted by atomic mass is 35.5. The molecular formula is C11H18ClN3O. The first-order valence-corrected chi connectivity index (χ1v) is 5.89. The Hall–Kier alpha value is -1.21. The summed E-state index contributed by atoms with van der Waals surface area (Å²) in [6.07, 6.45) is 3.10. The summed E-state index contributed by atoms with van der Waals surface area (Å²) >= 11 is 5.48. The molecule has 0 aliphatic carbocycles. The minimum Gasteiger partial charge on any atom is -0.387 e. The fourth-order valence-electron chi connectivity index (χ4n) is 0.856. The fraction of sp³-hybridized carbons (Fsp3) is 0.636. The van der Waals surface area contributed by atoms with E-state index in [0.717, 1.165) is 6.42 Å². The lowest BCUT2D eigenvalue weighted by Crippen LogP contribution is -2.28. The van der Waals surface area contributed by atoms with Crippen molar-refractivity contribution in [2.75, 3.05) is 12.4 Å². The third-order valence-corrected chi connectivity index (χ3v) is 2.35. The van der Waals surface area contributed by atoms with Crippen LogP contribution < -0.4 is 10.6 Å². The average Bonchev–Trinajstić information content (AvgIpc) is 2.29. The molecular weight excluding hydrogens is 226 g/mol. The molecule has 0 aliphatic rings.